The van der Waals surface area contributed by atoms with Gasteiger partial charge in [0.25, 0.3) is 0 Å². The van der Waals surface area contributed by atoms with Crippen LogP contribution in [0.1, 0.15) is 48.9 Å². The first kappa shape index (κ1) is 26.4. The number of ketones is 1. The number of imidazole rings is 1. The molecule has 1 saturated carbocycles. The van der Waals surface area contributed by atoms with E-state index < -0.39 is 6.61 Å². The minimum atomic E-state index is -3.08. The van der Waals surface area contributed by atoms with Gasteiger partial charge in [0.2, 0.25) is 0 Å². The fourth-order valence-electron chi connectivity index (χ4n) is 5.03. The monoisotopic (exact) mass is 529 g/mol. The predicted molar refractivity (Wildman–Crippen MR) is 137 cm³/mol. The van der Waals surface area contributed by atoms with Crippen molar-refractivity contribution >= 4 is 11.4 Å². The minimum absolute atomic E-state index is 0.0482. The summed E-state index contributed by atoms with van der Waals surface area (Å²) in [5.74, 6) is 0.701. The van der Waals surface area contributed by atoms with E-state index in [4.69, 9.17) is 14.2 Å². The van der Waals surface area contributed by atoms with Crippen LogP contribution in [0.15, 0.2) is 36.7 Å². The van der Waals surface area contributed by atoms with Gasteiger partial charge in [0.05, 0.1) is 31.7 Å². The Hall–Kier alpha value is -3.24. The van der Waals surface area contributed by atoms with Gasteiger partial charge in [-0.3, -0.25) is 9.20 Å². The number of nitrogens with zero attached hydrogens (tertiary/aromatic N) is 3. The number of aromatic nitrogens is 2. The van der Waals surface area contributed by atoms with Crippen molar-refractivity contribution in [2.75, 3.05) is 33.4 Å². The number of methoxy groups -OCH3 is 1. The molecule has 1 aliphatic heterocycles. The van der Waals surface area contributed by atoms with Gasteiger partial charge in [-0.15, -0.1) is 0 Å². The number of Topliss-reactive ketones (excluding diaryl/α,β-unsaturated/α-hetero) is 1. The first-order valence-electron chi connectivity index (χ1n) is 13.1. The highest BCUT2D eigenvalue weighted by molar-refractivity contribution is 6.02. The number of piperidine rings is 1. The molecule has 1 N–H and O–H groups in total. The molecule has 1 saturated heterocycles. The van der Waals surface area contributed by atoms with E-state index in [0.717, 1.165) is 45.2 Å². The summed E-state index contributed by atoms with van der Waals surface area (Å²) in [6.45, 7) is 0.0523. The van der Waals surface area contributed by atoms with Crippen LogP contribution in [0.3, 0.4) is 0 Å². The zero-order valence-corrected chi connectivity index (χ0v) is 21.4. The number of carbonyl (C=O) groups is 1. The maximum atomic E-state index is 13.3. The Balaban J connectivity index is 1.33. The number of carbonyl (C=O) groups excluding carboxylic acids is 1. The Bertz CT molecular complexity index is 1280. The van der Waals surface area contributed by atoms with Gasteiger partial charge < -0.3 is 24.2 Å². The predicted octanol–water partition coefficient (Wildman–Crippen LogP) is 4.82. The van der Waals surface area contributed by atoms with Crippen molar-refractivity contribution in [2.45, 2.75) is 51.2 Å². The second kappa shape index (κ2) is 11.7. The Kier molecular flexibility index (Phi) is 8.09. The zero-order valence-electron chi connectivity index (χ0n) is 21.4. The van der Waals surface area contributed by atoms with Crippen molar-refractivity contribution < 1.29 is 32.9 Å². The highest BCUT2D eigenvalue weighted by atomic mass is 19.3. The summed E-state index contributed by atoms with van der Waals surface area (Å²) in [4.78, 5) is 19.6. The van der Waals surface area contributed by atoms with Crippen LogP contribution in [0, 0.1) is 5.92 Å². The second-order valence-electron chi connectivity index (χ2n) is 10.0. The molecule has 38 heavy (non-hydrogen) atoms. The molecule has 0 amide bonds. The van der Waals surface area contributed by atoms with E-state index in [0.29, 0.717) is 41.7 Å². The van der Waals surface area contributed by atoms with Crippen LogP contribution in [0.25, 0.3) is 16.9 Å². The number of β-amino-alcohol motifs (C(OH)–C–C–N with tert-alkyl or cyclic N) is 1. The highest BCUT2D eigenvalue weighted by Gasteiger charge is 2.30. The molecule has 1 aliphatic carbocycles. The maximum Gasteiger partial charge on any atom is 0.387 e. The molecular formula is C28H33F2N3O5. The molecule has 1 unspecified atom stereocenters. The number of rotatable bonds is 12. The van der Waals surface area contributed by atoms with E-state index in [1.165, 1.54) is 13.2 Å². The average molecular weight is 530 g/mol. The maximum absolute atomic E-state index is 13.3. The van der Waals surface area contributed by atoms with E-state index in [1.807, 2.05) is 16.5 Å². The standard InChI is InChI=1S/C28H33F2N3O5/c1-36-24-13-19(14-25(38-28(29)30)27(24)23(35)12-18-5-6-18)22-16-31-26-15-21(7-10-33(22)26)37-11-3-9-32-8-2-4-20(34)17-32/h7,10,13-16,18,20,28,34H,2-6,8-9,11-12,17H2,1H3. The fraction of sp³-hybridized carbons (Fsp3) is 0.500. The van der Waals surface area contributed by atoms with Crippen LogP contribution in [-0.4, -0.2) is 71.2 Å². The molecule has 0 spiro atoms. The van der Waals surface area contributed by atoms with Crippen LogP contribution >= 0.6 is 0 Å². The van der Waals surface area contributed by atoms with Gasteiger partial charge in [0.15, 0.2) is 5.78 Å². The van der Waals surface area contributed by atoms with E-state index in [9.17, 15) is 18.7 Å². The molecule has 204 valence electrons. The number of hydrogen-bond donors (Lipinski definition) is 1. The molecule has 1 atom stereocenters. The molecule has 2 aliphatic rings. The molecule has 2 fully saturated rings. The van der Waals surface area contributed by atoms with Crippen molar-refractivity contribution in [1.82, 2.24) is 14.3 Å². The molecule has 1 aromatic carbocycles. The summed E-state index contributed by atoms with van der Waals surface area (Å²) in [6.07, 6.45) is 8.15. The fourth-order valence-corrected chi connectivity index (χ4v) is 5.03. The summed E-state index contributed by atoms with van der Waals surface area (Å²) >= 11 is 0. The Labute approximate surface area is 220 Å². The number of aliphatic hydroxyl groups is 1. The summed E-state index contributed by atoms with van der Waals surface area (Å²) in [5.41, 5.74) is 1.84. The van der Waals surface area contributed by atoms with Crippen molar-refractivity contribution in [3.05, 3.63) is 42.2 Å². The number of halogens is 2. The lowest BCUT2D eigenvalue weighted by atomic mass is 10.00. The number of hydrogen-bond acceptors (Lipinski definition) is 7. The zero-order chi connectivity index (χ0) is 26.6. The van der Waals surface area contributed by atoms with Gasteiger partial charge >= 0.3 is 6.61 Å². The Morgan fingerprint density at radius 2 is 2.03 bits per heavy atom. The number of benzene rings is 1. The quantitative estimate of drug-likeness (QED) is 0.266. The van der Waals surface area contributed by atoms with Gasteiger partial charge in [-0.25, -0.2) is 4.98 Å². The van der Waals surface area contributed by atoms with E-state index in [-0.39, 0.29) is 35.4 Å². The normalized spacial score (nSPS) is 18.2. The lowest BCUT2D eigenvalue weighted by Crippen LogP contribution is -2.39. The van der Waals surface area contributed by atoms with Crippen molar-refractivity contribution in [1.29, 1.82) is 0 Å². The van der Waals surface area contributed by atoms with Crippen LogP contribution < -0.4 is 14.2 Å². The smallest absolute Gasteiger partial charge is 0.387 e. The number of fused-ring (bicyclic) bond motifs is 1. The minimum Gasteiger partial charge on any atom is -0.496 e. The third kappa shape index (κ3) is 6.24. The molecule has 10 heteroatoms. The number of aliphatic hydroxyl groups excluding tert-OH is 1. The number of ether oxygens (including phenoxy) is 3. The van der Waals surface area contributed by atoms with Crippen LogP contribution in [0.2, 0.25) is 0 Å². The SMILES string of the molecule is COc1cc(-c2cnc3cc(OCCCN4CCCC(O)C4)ccn23)cc(OC(F)F)c1C(=O)CC1CC1. The third-order valence-electron chi connectivity index (χ3n) is 7.10. The molecular weight excluding hydrogens is 496 g/mol. The van der Waals surface area contributed by atoms with Gasteiger partial charge in [-0.2, -0.15) is 8.78 Å². The number of pyridine rings is 1. The molecule has 8 nitrogen and oxygen atoms in total. The molecule has 5 rings (SSSR count). The Morgan fingerprint density at radius 1 is 1.21 bits per heavy atom. The molecule has 0 bridgehead atoms. The molecule has 0 radical (unpaired) electrons. The summed E-state index contributed by atoms with van der Waals surface area (Å²) < 4.78 is 44.5. The number of alkyl halides is 2. The average Bonchev–Trinajstić information content (AvgIpc) is 3.60. The van der Waals surface area contributed by atoms with Gasteiger partial charge in [-0.1, -0.05) is 0 Å². The van der Waals surface area contributed by atoms with Crippen LogP contribution in [0.4, 0.5) is 8.78 Å². The van der Waals surface area contributed by atoms with Crippen LogP contribution in [-0.2, 0) is 0 Å². The summed E-state index contributed by atoms with van der Waals surface area (Å²) in [7, 11) is 1.41. The second-order valence-corrected chi connectivity index (χ2v) is 10.0. The molecule has 2 aromatic heterocycles. The lowest BCUT2D eigenvalue weighted by Gasteiger charge is -2.29. The number of likely N-dealkylation sites (tertiary alicyclic amines) is 1. The van der Waals surface area contributed by atoms with Gasteiger partial charge in [0.1, 0.15) is 28.5 Å². The van der Waals surface area contributed by atoms with Crippen molar-refractivity contribution in [2.24, 2.45) is 5.92 Å². The Morgan fingerprint density at radius 3 is 2.76 bits per heavy atom. The van der Waals surface area contributed by atoms with Crippen LogP contribution in [0.5, 0.6) is 17.2 Å². The largest absolute Gasteiger partial charge is 0.496 e. The third-order valence-corrected chi connectivity index (χ3v) is 7.10. The van der Waals surface area contributed by atoms with Crippen molar-refractivity contribution in [3.63, 3.8) is 0 Å². The topological polar surface area (TPSA) is 85.5 Å². The van der Waals surface area contributed by atoms with Gasteiger partial charge in [-0.05, 0) is 62.8 Å². The molecule has 3 heterocycles. The van der Waals surface area contributed by atoms with Crippen molar-refractivity contribution in [3.8, 4) is 28.5 Å². The lowest BCUT2D eigenvalue weighted by molar-refractivity contribution is -0.0502. The first-order valence-corrected chi connectivity index (χ1v) is 13.1. The highest BCUT2D eigenvalue weighted by Crippen LogP contribution is 2.40. The van der Waals surface area contributed by atoms with E-state index in [2.05, 4.69) is 9.88 Å². The summed E-state index contributed by atoms with van der Waals surface area (Å²) in [5, 5.41) is 9.81. The van der Waals surface area contributed by atoms with E-state index >= 15 is 0 Å². The van der Waals surface area contributed by atoms with E-state index in [1.54, 1.807) is 18.5 Å². The summed E-state index contributed by atoms with van der Waals surface area (Å²) in [6, 6.07) is 6.74. The molecule has 3 aromatic rings. The van der Waals surface area contributed by atoms with Gasteiger partial charge in [0, 0.05) is 37.3 Å². The first-order chi connectivity index (χ1) is 18.4.